The summed E-state index contributed by atoms with van der Waals surface area (Å²) in [6.07, 6.45) is 6.47. The summed E-state index contributed by atoms with van der Waals surface area (Å²) in [6, 6.07) is 0. The number of allylic oxidation sites excluding steroid dienone is 1. The lowest BCUT2D eigenvalue weighted by molar-refractivity contribution is -0.116. The van der Waals surface area contributed by atoms with Crippen molar-refractivity contribution in [1.82, 2.24) is 4.90 Å². The van der Waals surface area contributed by atoms with Gasteiger partial charge in [-0.1, -0.05) is 33.8 Å². The molecule has 0 aromatic carbocycles. The first kappa shape index (κ1) is 16.2. The van der Waals surface area contributed by atoms with E-state index in [2.05, 4.69) is 65.8 Å². The van der Waals surface area contributed by atoms with Gasteiger partial charge in [0.1, 0.15) is 6.29 Å². The van der Waals surface area contributed by atoms with E-state index in [-0.39, 0.29) is 11.5 Å². The molecule has 0 aromatic heterocycles. The second-order valence-electron chi connectivity index (χ2n) is 6.18. The Hall–Kier alpha value is -0.790. The van der Waals surface area contributed by atoms with Crippen LogP contribution in [0.4, 0.5) is 0 Å². The average Bonchev–Trinajstić information content (AvgIpc) is 2.16. The van der Waals surface area contributed by atoms with Crippen LogP contribution in [0.5, 0.6) is 0 Å². The summed E-state index contributed by atoms with van der Waals surface area (Å²) in [7, 11) is 2.05. The van der Waals surface area contributed by atoms with Gasteiger partial charge in [0, 0.05) is 18.5 Å². The Morgan fingerprint density at radius 1 is 1.18 bits per heavy atom. The highest BCUT2D eigenvalue weighted by Gasteiger charge is 2.33. The number of hydrogen-bond acceptors (Lipinski definition) is 2. The molecule has 0 aromatic rings. The molecule has 0 N–H and O–H groups in total. The second-order valence-corrected chi connectivity index (χ2v) is 6.18. The van der Waals surface area contributed by atoms with Gasteiger partial charge in [-0.2, -0.15) is 0 Å². The van der Waals surface area contributed by atoms with E-state index >= 15 is 0 Å². The van der Waals surface area contributed by atoms with Crippen LogP contribution in [0, 0.1) is 17.8 Å². The SMILES string of the molecule is CC(C)C/C=C/N(C)C(C)(C)C(C=O)C(C)C. The fraction of sp³-hybridized carbons (Fsp3) is 0.800. The molecule has 0 aliphatic heterocycles. The Bertz CT molecular complexity index is 254. The molecule has 1 atom stereocenters. The average molecular weight is 239 g/mol. The molecule has 0 bridgehead atoms. The quantitative estimate of drug-likeness (QED) is 0.631. The number of rotatable bonds is 7. The first-order valence-electron chi connectivity index (χ1n) is 6.58. The summed E-state index contributed by atoms with van der Waals surface area (Å²) in [6.45, 7) is 12.9. The van der Waals surface area contributed by atoms with Crippen molar-refractivity contribution in [3.63, 3.8) is 0 Å². The molecular weight excluding hydrogens is 210 g/mol. The van der Waals surface area contributed by atoms with Gasteiger partial charge in [-0.25, -0.2) is 0 Å². The number of hydrogen-bond donors (Lipinski definition) is 0. The largest absolute Gasteiger partial charge is 0.375 e. The Balaban J connectivity index is 4.67. The van der Waals surface area contributed by atoms with E-state index in [1.807, 2.05) is 0 Å². The molecule has 100 valence electrons. The molecule has 0 aliphatic carbocycles. The summed E-state index contributed by atoms with van der Waals surface area (Å²) in [5.74, 6) is 1.09. The zero-order chi connectivity index (χ0) is 13.6. The molecule has 1 unspecified atom stereocenters. The Labute approximate surface area is 107 Å². The van der Waals surface area contributed by atoms with E-state index in [4.69, 9.17) is 0 Å². The van der Waals surface area contributed by atoms with Crippen LogP contribution in [0.2, 0.25) is 0 Å². The normalized spacial score (nSPS) is 14.6. The lowest BCUT2D eigenvalue weighted by Crippen LogP contribution is -2.47. The maximum Gasteiger partial charge on any atom is 0.125 e. The molecule has 2 heteroatoms. The fourth-order valence-electron chi connectivity index (χ4n) is 2.06. The van der Waals surface area contributed by atoms with Gasteiger partial charge in [-0.3, -0.25) is 0 Å². The molecular formula is C15H29NO. The minimum Gasteiger partial charge on any atom is -0.375 e. The molecule has 0 heterocycles. The summed E-state index contributed by atoms with van der Waals surface area (Å²) < 4.78 is 0. The van der Waals surface area contributed by atoms with Crippen molar-refractivity contribution >= 4 is 6.29 Å². The second kappa shape index (κ2) is 6.83. The van der Waals surface area contributed by atoms with Gasteiger partial charge < -0.3 is 9.69 Å². The highest BCUT2D eigenvalue weighted by molar-refractivity contribution is 5.56. The van der Waals surface area contributed by atoms with Gasteiger partial charge in [-0.15, -0.1) is 0 Å². The number of nitrogens with zero attached hydrogens (tertiary/aromatic N) is 1. The fourth-order valence-corrected chi connectivity index (χ4v) is 2.06. The van der Waals surface area contributed by atoms with Crippen LogP contribution in [0.25, 0.3) is 0 Å². The molecule has 0 aliphatic rings. The summed E-state index contributed by atoms with van der Waals surface area (Å²) in [4.78, 5) is 13.4. The van der Waals surface area contributed by atoms with Crippen LogP contribution in [-0.4, -0.2) is 23.8 Å². The van der Waals surface area contributed by atoms with Crippen molar-refractivity contribution in [2.45, 2.75) is 53.5 Å². The Morgan fingerprint density at radius 2 is 1.71 bits per heavy atom. The van der Waals surface area contributed by atoms with E-state index in [0.717, 1.165) is 12.7 Å². The van der Waals surface area contributed by atoms with Gasteiger partial charge in [0.15, 0.2) is 0 Å². The van der Waals surface area contributed by atoms with Crippen LogP contribution in [0.15, 0.2) is 12.3 Å². The van der Waals surface area contributed by atoms with Crippen molar-refractivity contribution in [3.8, 4) is 0 Å². The highest BCUT2D eigenvalue weighted by atomic mass is 16.1. The monoisotopic (exact) mass is 239 g/mol. The van der Waals surface area contributed by atoms with Gasteiger partial charge >= 0.3 is 0 Å². The minimum atomic E-state index is -0.136. The predicted octanol–water partition coefficient (Wildman–Crippen LogP) is 3.73. The van der Waals surface area contributed by atoms with E-state index in [9.17, 15) is 4.79 Å². The molecule has 0 saturated carbocycles. The molecule has 0 saturated heterocycles. The maximum absolute atomic E-state index is 11.2. The zero-order valence-corrected chi connectivity index (χ0v) is 12.5. The molecule has 0 rings (SSSR count). The van der Waals surface area contributed by atoms with Crippen LogP contribution < -0.4 is 0 Å². The zero-order valence-electron chi connectivity index (χ0n) is 12.5. The Morgan fingerprint density at radius 3 is 2.06 bits per heavy atom. The smallest absolute Gasteiger partial charge is 0.125 e. The molecule has 0 fully saturated rings. The topological polar surface area (TPSA) is 20.3 Å². The van der Waals surface area contributed by atoms with E-state index in [0.29, 0.717) is 11.8 Å². The maximum atomic E-state index is 11.2. The van der Waals surface area contributed by atoms with Gasteiger partial charge in [0.2, 0.25) is 0 Å². The lowest BCUT2D eigenvalue weighted by Gasteiger charge is -2.41. The van der Waals surface area contributed by atoms with E-state index in [1.54, 1.807) is 0 Å². The molecule has 17 heavy (non-hydrogen) atoms. The predicted molar refractivity (Wildman–Crippen MR) is 74.8 cm³/mol. The number of carbonyl (C=O) groups is 1. The first-order chi connectivity index (χ1) is 7.73. The van der Waals surface area contributed by atoms with Crippen molar-refractivity contribution < 1.29 is 4.79 Å². The third kappa shape index (κ3) is 4.93. The van der Waals surface area contributed by atoms with Crippen molar-refractivity contribution in [2.75, 3.05) is 7.05 Å². The minimum absolute atomic E-state index is 0.0520. The number of carbonyl (C=O) groups excluding carboxylic acids is 1. The Kier molecular flexibility index (Phi) is 6.51. The third-order valence-corrected chi connectivity index (χ3v) is 3.53. The van der Waals surface area contributed by atoms with Gasteiger partial charge in [0.05, 0.1) is 0 Å². The molecule has 0 amide bonds. The molecule has 2 nitrogen and oxygen atoms in total. The van der Waals surface area contributed by atoms with Gasteiger partial charge in [0.25, 0.3) is 0 Å². The van der Waals surface area contributed by atoms with Crippen LogP contribution in [0.1, 0.15) is 48.0 Å². The van der Waals surface area contributed by atoms with Crippen LogP contribution in [0.3, 0.4) is 0 Å². The summed E-state index contributed by atoms with van der Waals surface area (Å²) in [5, 5.41) is 0. The number of aldehydes is 1. The van der Waals surface area contributed by atoms with Crippen molar-refractivity contribution in [1.29, 1.82) is 0 Å². The lowest BCUT2D eigenvalue weighted by atomic mass is 9.79. The van der Waals surface area contributed by atoms with Crippen LogP contribution in [-0.2, 0) is 4.79 Å². The van der Waals surface area contributed by atoms with Gasteiger partial charge in [-0.05, 0) is 38.3 Å². The molecule has 0 spiro atoms. The summed E-state index contributed by atoms with van der Waals surface area (Å²) in [5.41, 5.74) is -0.136. The van der Waals surface area contributed by atoms with E-state index < -0.39 is 0 Å². The van der Waals surface area contributed by atoms with Crippen molar-refractivity contribution in [3.05, 3.63) is 12.3 Å². The van der Waals surface area contributed by atoms with Crippen LogP contribution >= 0.6 is 0 Å². The third-order valence-electron chi connectivity index (χ3n) is 3.53. The highest BCUT2D eigenvalue weighted by Crippen LogP contribution is 2.28. The standard InChI is InChI=1S/C15H29NO/c1-12(2)9-8-10-16(7)15(5,6)14(11-17)13(3)4/h8,10-14H,9H2,1-7H3/b10-8+. The van der Waals surface area contributed by atoms with E-state index in [1.165, 1.54) is 0 Å². The van der Waals surface area contributed by atoms with Crippen molar-refractivity contribution in [2.24, 2.45) is 17.8 Å². The molecule has 0 radical (unpaired) electrons. The first-order valence-corrected chi connectivity index (χ1v) is 6.58. The summed E-state index contributed by atoms with van der Waals surface area (Å²) >= 11 is 0.